The molecule has 4 heteroatoms. The predicted octanol–water partition coefficient (Wildman–Crippen LogP) is 1.65. The van der Waals surface area contributed by atoms with Gasteiger partial charge in [-0.1, -0.05) is 12.1 Å². The first kappa shape index (κ1) is 12.4. The second kappa shape index (κ2) is 6.00. The Bertz CT molecular complexity index is 351. The van der Waals surface area contributed by atoms with Crippen LogP contribution in [0.1, 0.15) is 5.56 Å². The first-order chi connectivity index (χ1) is 7.59. The van der Waals surface area contributed by atoms with Crippen LogP contribution in [-0.2, 0) is 0 Å². The molecule has 0 aliphatic carbocycles. The van der Waals surface area contributed by atoms with Gasteiger partial charge in [-0.3, -0.25) is 0 Å². The Morgan fingerprint density at radius 3 is 2.81 bits per heavy atom. The number of nitrogens with zero attached hydrogens (tertiary/aromatic N) is 1. The average molecular weight is 222 g/mol. The van der Waals surface area contributed by atoms with Crippen molar-refractivity contribution in [1.82, 2.24) is 10.2 Å². The smallest absolute Gasteiger partial charge is 0.316 e. The molecule has 88 valence electrons. The van der Waals surface area contributed by atoms with Crippen LogP contribution in [0.3, 0.4) is 0 Å². The molecule has 0 unspecified atom stereocenters. The topological polar surface area (TPSA) is 41.6 Å². The van der Waals surface area contributed by atoms with Gasteiger partial charge in [0.25, 0.3) is 0 Å². The lowest BCUT2D eigenvalue weighted by molar-refractivity contribution is 0.213. The van der Waals surface area contributed by atoms with Crippen molar-refractivity contribution in [2.75, 3.05) is 27.2 Å². The van der Waals surface area contributed by atoms with E-state index in [0.717, 1.165) is 11.3 Å². The highest BCUT2D eigenvalue weighted by molar-refractivity contribution is 5.73. The van der Waals surface area contributed by atoms with Gasteiger partial charge in [0.05, 0.1) is 6.54 Å². The summed E-state index contributed by atoms with van der Waals surface area (Å²) in [4.78, 5) is 12.7. The van der Waals surface area contributed by atoms with Gasteiger partial charge in [0.15, 0.2) is 0 Å². The molecule has 0 spiro atoms. The van der Waals surface area contributed by atoms with Gasteiger partial charge in [0.1, 0.15) is 12.4 Å². The third kappa shape index (κ3) is 4.21. The van der Waals surface area contributed by atoms with E-state index >= 15 is 0 Å². The number of hydrogen-bond acceptors (Lipinski definition) is 2. The van der Waals surface area contributed by atoms with E-state index in [1.807, 2.05) is 31.2 Å². The molecule has 0 heterocycles. The van der Waals surface area contributed by atoms with Crippen LogP contribution in [0.2, 0.25) is 0 Å². The summed E-state index contributed by atoms with van der Waals surface area (Å²) in [6, 6.07) is 7.73. The minimum Gasteiger partial charge on any atom is -0.492 e. The molecule has 0 atom stereocenters. The molecule has 16 heavy (non-hydrogen) atoms. The normalized spacial score (nSPS) is 9.69. The fraction of sp³-hybridized carbons (Fsp3) is 0.417. The van der Waals surface area contributed by atoms with Crippen molar-refractivity contribution in [3.63, 3.8) is 0 Å². The maximum absolute atomic E-state index is 11.2. The van der Waals surface area contributed by atoms with Crippen molar-refractivity contribution >= 4 is 6.03 Å². The van der Waals surface area contributed by atoms with E-state index < -0.39 is 0 Å². The lowest BCUT2D eigenvalue weighted by Crippen LogP contribution is -2.36. The molecule has 1 rings (SSSR count). The van der Waals surface area contributed by atoms with Gasteiger partial charge in [0, 0.05) is 14.1 Å². The molecule has 0 bridgehead atoms. The first-order valence-corrected chi connectivity index (χ1v) is 5.24. The number of rotatable bonds is 4. The molecular weight excluding hydrogens is 204 g/mol. The molecule has 0 aromatic heterocycles. The summed E-state index contributed by atoms with van der Waals surface area (Å²) < 4.78 is 5.48. The van der Waals surface area contributed by atoms with Crippen molar-refractivity contribution < 1.29 is 9.53 Å². The second-order valence-corrected chi connectivity index (χ2v) is 3.79. The molecule has 1 N–H and O–H groups in total. The summed E-state index contributed by atoms with van der Waals surface area (Å²) in [6.45, 7) is 2.99. The van der Waals surface area contributed by atoms with E-state index in [9.17, 15) is 4.79 Å². The summed E-state index contributed by atoms with van der Waals surface area (Å²) in [5.41, 5.74) is 1.16. The Kier molecular flexibility index (Phi) is 4.64. The molecule has 0 saturated carbocycles. The first-order valence-electron chi connectivity index (χ1n) is 5.24. The monoisotopic (exact) mass is 222 g/mol. The second-order valence-electron chi connectivity index (χ2n) is 3.79. The van der Waals surface area contributed by atoms with Crippen LogP contribution in [0.15, 0.2) is 24.3 Å². The van der Waals surface area contributed by atoms with Crippen LogP contribution in [0, 0.1) is 6.92 Å². The van der Waals surface area contributed by atoms with Gasteiger partial charge >= 0.3 is 6.03 Å². The number of benzene rings is 1. The van der Waals surface area contributed by atoms with Crippen molar-refractivity contribution in [3.8, 4) is 5.75 Å². The van der Waals surface area contributed by atoms with E-state index in [4.69, 9.17) is 4.74 Å². The number of ether oxygens (including phenoxy) is 1. The SMILES string of the molecule is Cc1cccc(OCCNC(=O)N(C)C)c1. The van der Waals surface area contributed by atoms with E-state index in [-0.39, 0.29) is 6.03 Å². The van der Waals surface area contributed by atoms with E-state index in [0.29, 0.717) is 13.2 Å². The molecular formula is C12H18N2O2. The number of urea groups is 1. The minimum atomic E-state index is -0.104. The van der Waals surface area contributed by atoms with Crippen LogP contribution >= 0.6 is 0 Å². The Morgan fingerprint density at radius 1 is 1.44 bits per heavy atom. The van der Waals surface area contributed by atoms with Crippen LogP contribution in [0.25, 0.3) is 0 Å². The number of nitrogens with one attached hydrogen (secondary N) is 1. The van der Waals surface area contributed by atoms with Gasteiger partial charge in [-0.2, -0.15) is 0 Å². The lowest BCUT2D eigenvalue weighted by Gasteiger charge is -2.12. The standard InChI is InChI=1S/C12H18N2O2/c1-10-5-4-6-11(9-10)16-8-7-13-12(15)14(2)3/h4-6,9H,7-8H2,1-3H3,(H,13,15). The Hall–Kier alpha value is -1.71. The molecule has 4 nitrogen and oxygen atoms in total. The third-order valence-electron chi connectivity index (χ3n) is 2.04. The largest absolute Gasteiger partial charge is 0.492 e. The highest BCUT2D eigenvalue weighted by atomic mass is 16.5. The molecule has 1 aromatic rings. The average Bonchev–Trinajstić information content (AvgIpc) is 2.24. The van der Waals surface area contributed by atoms with Crippen molar-refractivity contribution in [2.24, 2.45) is 0 Å². The number of aryl methyl sites for hydroxylation is 1. The Balaban J connectivity index is 2.23. The molecule has 0 aliphatic heterocycles. The number of hydrogen-bond donors (Lipinski definition) is 1. The zero-order valence-corrected chi connectivity index (χ0v) is 9.99. The lowest BCUT2D eigenvalue weighted by atomic mass is 10.2. The molecule has 2 amide bonds. The van der Waals surface area contributed by atoms with Crippen molar-refractivity contribution in [1.29, 1.82) is 0 Å². The summed E-state index contributed by atoms with van der Waals surface area (Å²) in [5, 5.41) is 2.73. The summed E-state index contributed by atoms with van der Waals surface area (Å²) >= 11 is 0. The summed E-state index contributed by atoms with van der Waals surface area (Å²) in [5.74, 6) is 0.833. The van der Waals surface area contributed by atoms with E-state index in [1.165, 1.54) is 4.90 Å². The van der Waals surface area contributed by atoms with Gasteiger partial charge in [0.2, 0.25) is 0 Å². The van der Waals surface area contributed by atoms with Gasteiger partial charge < -0.3 is 15.0 Å². The maximum Gasteiger partial charge on any atom is 0.316 e. The van der Waals surface area contributed by atoms with Crippen molar-refractivity contribution in [2.45, 2.75) is 6.92 Å². The highest BCUT2D eigenvalue weighted by Crippen LogP contribution is 2.11. The van der Waals surface area contributed by atoms with Gasteiger partial charge in [-0.05, 0) is 24.6 Å². The maximum atomic E-state index is 11.2. The van der Waals surface area contributed by atoms with Crippen LogP contribution in [0.5, 0.6) is 5.75 Å². The Morgan fingerprint density at radius 2 is 2.19 bits per heavy atom. The number of carbonyl (C=O) groups excluding carboxylic acids is 1. The number of amides is 2. The third-order valence-corrected chi connectivity index (χ3v) is 2.04. The minimum absolute atomic E-state index is 0.104. The van der Waals surface area contributed by atoms with Crippen molar-refractivity contribution in [3.05, 3.63) is 29.8 Å². The fourth-order valence-electron chi connectivity index (χ4n) is 1.19. The number of carbonyl (C=O) groups is 1. The quantitative estimate of drug-likeness (QED) is 0.787. The summed E-state index contributed by atoms with van der Waals surface area (Å²) in [7, 11) is 3.41. The summed E-state index contributed by atoms with van der Waals surface area (Å²) in [6.07, 6.45) is 0. The van der Waals surface area contributed by atoms with Gasteiger partial charge in [-0.15, -0.1) is 0 Å². The molecule has 0 radical (unpaired) electrons. The molecule has 0 saturated heterocycles. The zero-order valence-electron chi connectivity index (χ0n) is 9.99. The molecule has 0 fully saturated rings. The van der Waals surface area contributed by atoms with E-state index in [1.54, 1.807) is 14.1 Å². The predicted molar refractivity (Wildman–Crippen MR) is 63.8 cm³/mol. The molecule has 1 aromatic carbocycles. The van der Waals surface area contributed by atoms with Crippen LogP contribution in [-0.4, -0.2) is 38.2 Å². The molecule has 0 aliphatic rings. The van der Waals surface area contributed by atoms with Crippen LogP contribution < -0.4 is 10.1 Å². The van der Waals surface area contributed by atoms with Gasteiger partial charge in [-0.25, -0.2) is 4.79 Å². The zero-order chi connectivity index (χ0) is 12.0. The van der Waals surface area contributed by atoms with E-state index in [2.05, 4.69) is 5.32 Å². The highest BCUT2D eigenvalue weighted by Gasteiger charge is 2.01. The van der Waals surface area contributed by atoms with Crippen LogP contribution in [0.4, 0.5) is 4.79 Å². The fourth-order valence-corrected chi connectivity index (χ4v) is 1.19. The Labute approximate surface area is 96.2 Å².